The molecule has 2 aliphatic rings. The fourth-order valence-electron chi connectivity index (χ4n) is 5.30. The minimum Gasteiger partial charge on any atom is -0.492 e. The Labute approximate surface area is 238 Å². The van der Waals surface area contributed by atoms with E-state index in [1.54, 1.807) is 18.2 Å². The number of carbonyl (C=O) groups is 3. The number of urea groups is 1. The van der Waals surface area contributed by atoms with Gasteiger partial charge in [-0.3, -0.25) is 10.1 Å². The molecule has 2 saturated heterocycles. The van der Waals surface area contributed by atoms with Gasteiger partial charge >= 0.3 is 12.1 Å². The Morgan fingerprint density at radius 2 is 1.60 bits per heavy atom. The molecule has 3 N–H and O–H groups in total. The minimum absolute atomic E-state index is 0.0365. The molecule has 2 heterocycles. The van der Waals surface area contributed by atoms with Gasteiger partial charge in [-0.05, 0) is 47.1 Å². The Kier molecular flexibility index (Phi) is 7.55. The summed E-state index contributed by atoms with van der Waals surface area (Å²) in [6, 6.07) is 14.6. The molecule has 0 aromatic heterocycles. The van der Waals surface area contributed by atoms with E-state index < -0.39 is 12.1 Å². The number of amides is 4. The van der Waals surface area contributed by atoms with Gasteiger partial charge in [0.1, 0.15) is 0 Å². The van der Waals surface area contributed by atoms with Gasteiger partial charge in [0.2, 0.25) is 0 Å². The van der Waals surface area contributed by atoms with Gasteiger partial charge in [-0.25, -0.2) is 9.59 Å². The van der Waals surface area contributed by atoms with Crippen molar-refractivity contribution in [1.29, 1.82) is 0 Å². The summed E-state index contributed by atoms with van der Waals surface area (Å²) in [5.74, 6) is 1.32. The van der Waals surface area contributed by atoms with Crippen LogP contribution in [0.25, 0.3) is 10.8 Å². The van der Waals surface area contributed by atoms with Crippen molar-refractivity contribution in [2.45, 2.75) is 43.9 Å². The van der Waals surface area contributed by atoms with Crippen LogP contribution in [0.1, 0.15) is 43.1 Å². The number of hydrogen-bond acceptors (Lipinski definition) is 6. The number of carbonyl (C=O) groups excluding carboxylic acids is 3. The average Bonchev–Trinajstić information content (AvgIpc) is 3.56. The van der Waals surface area contributed by atoms with Gasteiger partial charge in [0.25, 0.3) is 5.91 Å². The molecule has 2 fully saturated rings. The second-order valence-corrected chi connectivity index (χ2v) is 12.4. The van der Waals surface area contributed by atoms with E-state index in [1.807, 2.05) is 67.8 Å². The first-order valence-electron chi connectivity index (χ1n) is 13.2. The number of thioether (sulfide) groups is 1. The highest BCUT2D eigenvalue weighted by atomic mass is 32.2. The molecule has 2 aliphatic heterocycles. The van der Waals surface area contributed by atoms with Crippen molar-refractivity contribution in [3.63, 3.8) is 0 Å². The Balaban J connectivity index is 1.43. The van der Waals surface area contributed by atoms with Gasteiger partial charge in [-0.15, -0.1) is 0 Å². The van der Waals surface area contributed by atoms with Crippen molar-refractivity contribution in [3.05, 3.63) is 59.7 Å². The highest BCUT2D eigenvalue weighted by molar-refractivity contribution is 8.00. The predicted octanol–water partition coefficient (Wildman–Crippen LogP) is 6.30. The van der Waals surface area contributed by atoms with Crippen LogP contribution in [0.4, 0.5) is 26.7 Å². The number of rotatable bonds is 5. The molecule has 3 aromatic rings. The van der Waals surface area contributed by atoms with E-state index in [2.05, 4.69) is 16.0 Å². The molecule has 4 amide bonds. The maximum absolute atomic E-state index is 13.5. The number of likely N-dealkylation sites (tertiary alicyclic amines) is 1. The van der Waals surface area contributed by atoms with Crippen LogP contribution in [0.5, 0.6) is 5.75 Å². The smallest absolute Gasteiger partial charge is 0.411 e. The molecule has 0 radical (unpaired) electrons. The Bertz CT molecular complexity index is 1480. The molecule has 0 aliphatic carbocycles. The van der Waals surface area contributed by atoms with Crippen LogP contribution in [0.3, 0.4) is 0 Å². The number of fused-ring (bicyclic) bond motifs is 3. The molecule has 2 atom stereocenters. The summed E-state index contributed by atoms with van der Waals surface area (Å²) in [7, 11) is 2.74. The molecule has 5 rings (SSSR count). The zero-order chi connectivity index (χ0) is 28.6. The van der Waals surface area contributed by atoms with Crippen LogP contribution in [0.15, 0.2) is 48.5 Å². The van der Waals surface area contributed by atoms with Gasteiger partial charge in [-0.2, -0.15) is 11.8 Å². The second kappa shape index (κ2) is 10.9. The SMILES string of the molecule is COC(=O)Nc1cc(C(C)(C)C)cc(NC(=O)Nc2ccc(C(=O)N3CC4CC3CS4)c3ccccc23)c1OC. The Morgan fingerprint density at radius 1 is 0.925 bits per heavy atom. The van der Waals surface area contributed by atoms with Gasteiger partial charge in [0.05, 0.1) is 31.3 Å². The number of anilines is 3. The molecule has 0 saturated carbocycles. The molecule has 2 unspecified atom stereocenters. The largest absolute Gasteiger partial charge is 0.492 e. The molecule has 0 spiro atoms. The zero-order valence-corrected chi connectivity index (χ0v) is 24.1. The quantitative estimate of drug-likeness (QED) is 0.337. The lowest BCUT2D eigenvalue weighted by Gasteiger charge is -2.27. The van der Waals surface area contributed by atoms with Crippen molar-refractivity contribution in [2.75, 3.05) is 42.5 Å². The minimum atomic E-state index is -0.651. The number of ether oxygens (including phenoxy) is 2. The molecule has 9 nitrogen and oxygen atoms in total. The lowest BCUT2D eigenvalue weighted by molar-refractivity contribution is 0.0749. The monoisotopic (exact) mass is 562 g/mol. The van der Waals surface area contributed by atoms with Gasteiger partial charge in [-0.1, -0.05) is 45.0 Å². The molecular formula is C30H34N4O5S. The van der Waals surface area contributed by atoms with E-state index in [9.17, 15) is 14.4 Å². The van der Waals surface area contributed by atoms with E-state index in [1.165, 1.54) is 14.2 Å². The first-order valence-corrected chi connectivity index (χ1v) is 14.2. The van der Waals surface area contributed by atoms with Crippen LogP contribution in [0, 0.1) is 0 Å². The summed E-state index contributed by atoms with van der Waals surface area (Å²) < 4.78 is 10.3. The summed E-state index contributed by atoms with van der Waals surface area (Å²) in [4.78, 5) is 40.8. The summed E-state index contributed by atoms with van der Waals surface area (Å²) in [5, 5.41) is 10.6. The topological polar surface area (TPSA) is 109 Å². The van der Waals surface area contributed by atoms with Gasteiger partial charge in [0.15, 0.2) is 5.75 Å². The van der Waals surface area contributed by atoms with Crippen LogP contribution in [0.2, 0.25) is 0 Å². The van der Waals surface area contributed by atoms with Crippen LogP contribution in [-0.2, 0) is 10.2 Å². The molecule has 10 heteroatoms. The summed E-state index contributed by atoms with van der Waals surface area (Å²) in [5.41, 5.74) is 2.56. The van der Waals surface area contributed by atoms with Crippen LogP contribution in [-0.4, -0.2) is 60.7 Å². The van der Waals surface area contributed by atoms with E-state index in [4.69, 9.17) is 9.47 Å². The molecular weight excluding hydrogens is 528 g/mol. The van der Waals surface area contributed by atoms with Gasteiger partial charge < -0.3 is 25.0 Å². The third-order valence-electron chi connectivity index (χ3n) is 7.39. The van der Waals surface area contributed by atoms with E-state index in [0.717, 1.165) is 35.1 Å². The molecule has 210 valence electrons. The van der Waals surface area contributed by atoms with E-state index in [-0.39, 0.29) is 17.1 Å². The maximum atomic E-state index is 13.5. The second-order valence-electron chi connectivity index (χ2n) is 11.1. The number of methoxy groups -OCH3 is 2. The van der Waals surface area contributed by atoms with Gasteiger partial charge in [0, 0.05) is 34.5 Å². The standard InChI is InChI=1S/C30H34N4O5S/c1-30(2,3)17-12-24(26(38-4)25(13-17)33-29(37)39-5)32-28(36)31-23-11-10-22(20-8-6-7-9-21(20)23)27(35)34-15-19-14-18(34)16-40-19/h6-13,18-19H,14-16H2,1-5H3,(H,33,37)(H2,31,32,36). The highest BCUT2D eigenvalue weighted by Gasteiger charge is 2.41. The van der Waals surface area contributed by atoms with Crippen LogP contribution >= 0.6 is 11.8 Å². The molecule has 2 bridgehead atoms. The fraction of sp³-hybridized carbons (Fsp3) is 0.367. The van der Waals surface area contributed by atoms with Crippen molar-refractivity contribution in [1.82, 2.24) is 4.90 Å². The zero-order valence-electron chi connectivity index (χ0n) is 23.3. The fourth-order valence-corrected chi connectivity index (χ4v) is 6.74. The first kappa shape index (κ1) is 27.6. The van der Waals surface area contributed by atoms with Crippen molar-refractivity contribution in [2.24, 2.45) is 0 Å². The number of nitrogens with one attached hydrogen (secondary N) is 3. The number of hydrogen-bond donors (Lipinski definition) is 3. The van der Waals surface area contributed by atoms with Crippen molar-refractivity contribution in [3.8, 4) is 5.75 Å². The average molecular weight is 563 g/mol. The van der Waals surface area contributed by atoms with E-state index in [0.29, 0.717) is 33.9 Å². The third kappa shape index (κ3) is 5.40. The summed E-state index contributed by atoms with van der Waals surface area (Å²) >= 11 is 1.95. The lowest BCUT2D eigenvalue weighted by Crippen LogP contribution is -2.39. The lowest BCUT2D eigenvalue weighted by atomic mass is 9.86. The van der Waals surface area contributed by atoms with Crippen molar-refractivity contribution < 1.29 is 23.9 Å². The summed E-state index contributed by atoms with van der Waals surface area (Å²) in [6.45, 7) is 6.87. The van der Waals surface area contributed by atoms with E-state index >= 15 is 0 Å². The third-order valence-corrected chi connectivity index (χ3v) is 8.78. The number of benzene rings is 3. The highest BCUT2D eigenvalue weighted by Crippen LogP contribution is 2.40. The number of nitrogens with zero attached hydrogens (tertiary/aromatic N) is 1. The predicted molar refractivity (Wildman–Crippen MR) is 160 cm³/mol. The Hall–Kier alpha value is -3.92. The maximum Gasteiger partial charge on any atom is 0.411 e. The first-order chi connectivity index (χ1) is 19.1. The van der Waals surface area contributed by atoms with Crippen molar-refractivity contribution >= 4 is 57.6 Å². The van der Waals surface area contributed by atoms with Crippen LogP contribution < -0.4 is 20.7 Å². The normalized spacial score (nSPS) is 18.0. The molecule has 3 aromatic carbocycles. The molecule has 40 heavy (non-hydrogen) atoms. The Morgan fingerprint density at radius 3 is 2.20 bits per heavy atom. The summed E-state index contributed by atoms with van der Waals surface area (Å²) in [6.07, 6.45) is 0.409.